The summed E-state index contributed by atoms with van der Waals surface area (Å²) in [6.45, 7) is 1.33. The highest BCUT2D eigenvalue weighted by Gasteiger charge is 2.17. The van der Waals surface area contributed by atoms with Crippen LogP contribution < -0.4 is 11.1 Å². The van der Waals surface area contributed by atoms with Crippen LogP contribution in [-0.2, 0) is 17.9 Å². The third-order valence-electron chi connectivity index (χ3n) is 3.47. The van der Waals surface area contributed by atoms with Crippen LogP contribution in [0, 0.1) is 0 Å². The second-order valence-corrected chi connectivity index (χ2v) is 7.33. The summed E-state index contributed by atoms with van der Waals surface area (Å²) >= 11 is 2.92. The minimum absolute atomic E-state index is 0.175. The zero-order valence-corrected chi connectivity index (χ0v) is 14.9. The molecule has 3 aromatic rings. The van der Waals surface area contributed by atoms with E-state index in [-0.39, 0.29) is 12.5 Å². The molecule has 0 fully saturated rings. The normalized spacial score (nSPS) is 10.9. The van der Waals surface area contributed by atoms with E-state index in [0.29, 0.717) is 23.7 Å². The Bertz CT molecular complexity index is 789. The molecule has 0 aliphatic carbocycles. The molecule has 3 heterocycles. The summed E-state index contributed by atoms with van der Waals surface area (Å²) in [5, 5.41) is 6.98. The Hall–Kier alpha value is -2.42. The molecule has 3 aromatic heterocycles. The number of carbonyl (C=O) groups is 2. The summed E-state index contributed by atoms with van der Waals surface area (Å²) in [6.07, 6.45) is 1.61. The summed E-state index contributed by atoms with van der Waals surface area (Å²) < 4.78 is 5.39. The average molecular weight is 375 g/mol. The van der Waals surface area contributed by atoms with E-state index in [0.717, 1.165) is 10.6 Å². The lowest BCUT2D eigenvalue weighted by atomic mass is 10.3. The molecule has 0 aliphatic heterocycles. The number of rotatable bonds is 8. The van der Waals surface area contributed by atoms with Crippen LogP contribution >= 0.6 is 22.7 Å². The van der Waals surface area contributed by atoms with E-state index < -0.39 is 5.91 Å². The highest BCUT2D eigenvalue weighted by molar-refractivity contribution is 7.14. The number of furan rings is 1. The number of hydrogen-bond donors (Lipinski definition) is 2. The number of nitrogens with one attached hydrogen (secondary N) is 1. The average Bonchev–Trinajstić information content (AvgIpc) is 3.28. The summed E-state index contributed by atoms with van der Waals surface area (Å²) in [5.74, 6) is 0.0361. The topological polar surface area (TPSA) is 88.6 Å². The van der Waals surface area contributed by atoms with Gasteiger partial charge in [0.1, 0.15) is 10.8 Å². The Morgan fingerprint density at radius 1 is 1.12 bits per heavy atom. The van der Waals surface area contributed by atoms with Crippen molar-refractivity contribution < 1.29 is 14.0 Å². The zero-order valence-electron chi connectivity index (χ0n) is 13.3. The third-order valence-corrected chi connectivity index (χ3v) is 5.16. The number of amides is 2. The largest absolute Gasteiger partial charge is 0.468 e. The van der Waals surface area contributed by atoms with Gasteiger partial charge >= 0.3 is 0 Å². The van der Waals surface area contributed by atoms with E-state index >= 15 is 0 Å². The van der Waals surface area contributed by atoms with Gasteiger partial charge in [-0.2, -0.15) is 0 Å². The summed E-state index contributed by atoms with van der Waals surface area (Å²) in [7, 11) is 0. The van der Waals surface area contributed by atoms with Crippen LogP contribution in [0.15, 0.2) is 51.8 Å². The second-order valence-electron chi connectivity index (χ2n) is 5.38. The van der Waals surface area contributed by atoms with E-state index in [4.69, 9.17) is 10.2 Å². The number of nitrogens with two attached hydrogens (primary N) is 1. The third kappa shape index (κ3) is 4.79. The smallest absolute Gasteiger partial charge is 0.251 e. The Labute approximate surface area is 152 Å². The van der Waals surface area contributed by atoms with Gasteiger partial charge in [-0.3, -0.25) is 14.5 Å². The molecule has 2 amide bonds. The predicted molar refractivity (Wildman–Crippen MR) is 98.6 cm³/mol. The molecule has 3 N–H and O–H groups in total. The van der Waals surface area contributed by atoms with Crippen molar-refractivity contribution in [1.29, 1.82) is 0 Å². The first-order chi connectivity index (χ1) is 12.1. The number of carbonyl (C=O) groups excluding carboxylic acids is 2. The molecule has 6 nitrogen and oxygen atoms in total. The molecule has 25 heavy (non-hydrogen) atoms. The molecule has 0 saturated carbocycles. The van der Waals surface area contributed by atoms with Gasteiger partial charge in [-0.25, -0.2) is 0 Å². The second kappa shape index (κ2) is 8.11. The lowest BCUT2D eigenvalue weighted by molar-refractivity contribution is -0.117. The Balaban J connectivity index is 1.67. The van der Waals surface area contributed by atoms with Crippen molar-refractivity contribution in [3.8, 4) is 0 Å². The van der Waals surface area contributed by atoms with Crippen LogP contribution in [0.25, 0.3) is 0 Å². The molecule has 3 rings (SSSR count). The summed E-state index contributed by atoms with van der Waals surface area (Å²) in [4.78, 5) is 26.9. The molecule has 0 saturated heterocycles. The minimum Gasteiger partial charge on any atom is -0.468 e. The lowest BCUT2D eigenvalue weighted by Crippen LogP contribution is -2.32. The van der Waals surface area contributed by atoms with Crippen molar-refractivity contribution in [3.05, 3.63) is 63.6 Å². The van der Waals surface area contributed by atoms with Crippen LogP contribution in [0.2, 0.25) is 0 Å². The van der Waals surface area contributed by atoms with Crippen molar-refractivity contribution in [1.82, 2.24) is 4.90 Å². The van der Waals surface area contributed by atoms with Crippen molar-refractivity contribution in [2.75, 3.05) is 11.9 Å². The first-order valence-corrected chi connectivity index (χ1v) is 9.32. The quantitative estimate of drug-likeness (QED) is 0.633. The van der Waals surface area contributed by atoms with E-state index in [9.17, 15) is 9.59 Å². The predicted octanol–water partition coefficient (Wildman–Crippen LogP) is 3.14. The van der Waals surface area contributed by atoms with Crippen LogP contribution in [-0.4, -0.2) is 23.3 Å². The van der Waals surface area contributed by atoms with Gasteiger partial charge in [-0.1, -0.05) is 6.07 Å². The lowest BCUT2D eigenvalue weighted by Gasteiger charge is -2.20. The molecule has 130 valence electrons. The SMILES string of the molecule is NC(=O)c1ccsc1NC(=O)CN(Cc1ccco1)Cc1cccs1. The van der Waals surface area contributed by atoms with E-state index in [1.54, 1.807) is 29.0 Å². The van der Waals surface area contributed by atoms with Gasteiger partial charge in [0, 0.05) is 11.4 Å². The van der Waals surface area contributed by atoms with Gasteiger partial charge < -0.3 is 15.5 Å². The molecular weight excluding hydrogens is 358 g/mol. The van der Waals surface area contributed by atoms with E-state index in [1.807, 2.05) is 34.5 Å². The number of hydrogen-bond acceptors (Lipinski definition) is 6. The standard InChI is InChI=1S/C17H17N3O3S2/c18-16(22)14-5-8-25-17(14)19-15(21)11-20(9-12-3-1-6-23-12)10-13-4-2-7-24-13/h1-8H,9-11H2,(H2,18,22)(H,19,21). The first-order valence-electron chi connectivity index (χ1n) is 7.56. The Morgan fingerprint density at radius 2 is 2.00 bits per heavy atom. The minimum atomic E-state index is -0.553. The van der Waals surface area contributed by atoms with Crippen molar-refractivity contribution in [2.24, 2.45) is 5.73 Å². The van der Waals surface area contributed by atoms with Crippen molar-refractivity contribution in [3.63, 3.8) is 0 Å². The molecule has 0 aliphatic rings. The van der Waals surface area contributed by atoms with Gasteiger partial charge in [-0.15, -0.1) is 22.7 Å². The van der Waals surface area contributed by atoms with E-state index in [2.05, 4.69) is 5.32 Å². The van der Waals surface area contributed by atoms with Gasteiger partial charge in [0.15, 0.2) is 0 Å². The molecule has 0 radical (unpaired) electrons. The molecule has 0 unspecified atom stereocenters. The zero-order chi connectivity index (χ0) is 17.6. The highest BCUT2D eigenvalue weighted by atomic mass is 32.1. The van der Waals surface area contributed by atoms with Crippen molar-refractivity contribution >= 4 is 39.5 Å². The Kier molecular flexibility index (Phi) is 5.64. The van der Waals surface area contributed by atoms with Crippen LogP contribution in [0.1, 0.15) is 21.0 Å². The molecule has 0 spiro atoms. The fraction of sp³-hybridized carbons (Fsp3) is 0.176. The summed E-state index contributed by atoms with van der Waals surface area (Å²) in [6, 6.07) is 9.32. The molecule has 0 aromatic carbocycles. The van der Waals surface area contributed by atoms with Gasteiger partial charge in [0.2, 0.25) is 5.91 Å². The van der Waals surface area contributed by atoms with Gasteiger partial charge in [-0.05, 0) is 35.0 Å². The number of anilines is 1. The Morgan fingerprint density at radius 3 is 2.68 bits per heavy atom. The van der Waals surface area contributed by atoms with Crippen LogP contribution in [0.5, 0.6) is 0 Å². The van der Waals surface area contributed by atoms with Crippen LogP contribution in [0.3, 0.4) is 0 Å². The van der Waals surface area contributed by atoms with Crippen molar-refractivity contribution in [2.45, 2.75) is 13.1 Å². The van der Waals surface area contributed by atoms with E-state index in [1.165, 1.54) is 11.3 Å². The highest BCUT2D eigenvalue weighted by Crippen LogP contribution is 2.23. The molecule has 0 atom stereocenters. The van der Waals surface area contributed by atoms with Gasteiger partial charge in [0.25, 0.3) is 5.91 Å². The fourth-order valence-corrected chi connectivity index (χ4v) is 3.94. The molecule has 8 heteroatoms. The number of nitrogens with zero attached hydrogens (tertiary/aromatic N) is 1. The number of primary amides is 1. The van der Waals surface area contributed by atoms with Gasteiger partial charge in [0.05, 0.1) is 24.9 Å². The first kappa shape index (κ1) is 17.4. The fourth-order valence-electron chi connectivity index (χ4n) is 2.38. The molecule has 0 bridgehead atoms. The van der Waals surface area contributed by atoms with Crippen LogP contribution in [0.4, 0.5) is 5.00 Å². The number of thiophene rings is 2. The maximum Gasteiger partial charge on any atom is 0.251 e. The monoisotopic (exact) mass is 375 g/mol. The summed E-state index contributed by atoms with van der Waals surface area (Å²) in [5.41, 5.74) is 5.64. The maximum absolute atomic E-state index is 12.4. The molecular formula is C17H17N3O3S2. The maximum atomic E-state index is 12.4.